The number of alkyl halides is 2. The predicted octanol–water partition coefficient (Wildman–Crippen LogP) is 5.51. The summed E-state index contributed by atoms with van der Waals surface area (Å²) in [4.78, 5) is 0. The molecule has 0 aromatic heterocycles. The van der Waals surface area contributed by atoms with Crippen LogP contribution in [0.25, 0.3) is 0 Å². The average molecular weight is 420 g/mol. The van der Waals surface area contributed by atoms with Gasteiger partial charge in [0.25, 0.3) is 0 Å². The average Bonchev–Trinajstić information content (AvgIpc) is 2.18. The van der Waals surface area contributed by atoms with Crippen LogP contribution in [-0.2, 0) is 0 Å². The molecule has 0 saturated heterocycles. The molecule has 1 aliphatic rings. The largest absolute Gasteiger partial charge is 0.0815 e. The van der Waals surface area contributed by atoms with E-state index in [1.54, 1.807) is 0 Å². The Balaban J connectivity index is 2.23. The normalized spacial score (nSPS) is 33.0. The molecule has 1 aliphatic carbocycles. The van der Waals surface area contributed by atoms with E-state index in [9.17, 15) is 0 Å². The fourth-order valence-corrected chi connectivity index (χ4v) is 3.70. The van der Waals surface area contributed by atoms with Crippen LogP contribution in [-0.4, -0.2) is 7.85 Å². The summed E-state index contributed by atoms with van der Waals surface area (Å²) in [5, 5.41) is 0. The zero-order valence-corrected chi connectivity index (χ0v) is 13.3. The van der Waals surface area contributed by atoms with Crippen molar-refractivity contribution in [1.82, 2.24) is 0 Å². The monoisotopic (exact) mass is 420 g/mol. The van der Waals surface area contributed by atoms with Gasteiger partial charge in [-0.1, -0.05) is 96.5 Å². The Morgan fingerprint density at radius 3 is 1.14 bits per heavy atom. The summed E-state index contributed by atoms with van der Waals surface area (Å²) in [6.45, 7) is 0. The van der Waals surface area contributed by atoms with E-state index in [1.807, 2.05) is 0 Å². The quantitative estimate of drug-likeness (QED) is 0.358. The van der Waals surface area contributed by atoms with Gasteiger partial charge in [0, 0.05) is 7.85 Å². The van der Waals surface area contributed by atoms with E-state index in [1.165, 1.54) is 64.2 Å². The molecule has 2 atom stereocenters. The maximum Gasteiger partial charge on any atom is 0.0227 e. The molecule has 0 aromatic rings. The lowest BCUT2D eigenvalue weighted by Gasteiger charge is -2.17. The second-order valence-corrected chi connectivity index (χ2v) is 7.64. The highest BCUT2D eigenvalue weighted by atomic mass is 127. The highest BCUT2D eigenvalue weighted by Crippen LogP contribution is 2.27. The molecule has 14 heavy (non-hydrogen) atoms. The minimum Gasteiger partial charge on any atom is -0.0815 e. The summed E-state index contributed by atoms with van der Waals surface area (Å²) in [6, 6.07) is 0. The van der Waals surface area contributed by atoms with Crippen molar-refractivity contribution in [3.63, 3.8) is 0 Å². The van der Waals surface area contributed by atoms with Gasteiger partial charge in [-0.05, 0) is 12.8 Å². The number of rotatable bonds is 0. The third-order valence-corrected chi connectivity index (χ3v) is 7.46. The first-order valence-corrected chi connectivity index (χ1v) is 8.58. The second-order valence-electron chi connectivity index (χ2n) is 4.44. The maximum atomic E-state index is 2.67. The minimum atomic E-state index is 0.924. The molecule has 0 amide bonds. The van der Waals surface area contributed by atoms with E-state index in [4.69, 9.17) is 0 Å². The minimum absolute atomic E-state index is 0.924. The molecule has 2 unspecified atom stereocenters. The third kappa shape index (κ3) is 6.13. The van der Waals surface area contributed by atoms with Crippen LogP contribution < -0.4 is 0 Å². The van der Waals surface area contributed by atoms with Crippen molar-refractivity contribution in [3.05, 3.63) is 0 Å². The lowest BCUT2D eigenvalue weighted by atomic mass is 10.0. The standard InChI is InChI=1S/C12H22I2/c13-11-9-7-5-3-1-2-4-6-8-10-12(11)14/h11-12H,1-10H2. The van der Waals surface area contributed by atoms with E-state index in [0.717, 1.165) is 7.85 Å². The molecule has 2 heteroatoms. The summed E-state index contributed by atoms with van der Waals surface area (Å²) < 4.78 is 1.85. The Labute approximate surface area is 116 Å². The Morgan fingerprint density at radius 2 is 0.786 bits per heavy atom. The molecule has 0 bridgehead atoms. The Morgan fingerprint density at radius 1 is 0.500 bits per heavy atom. The second kappa shape index (κ2) is 8.59. The lowest BCUT2D eigenvalue weighted by Crippen LogP contribution is -2.13. The fourth-order valence-electron chi connectivity index (χ4n) is 2.10. The smallest absolute Gasteiger partial charge is 0.0227 e. The SMILES string of the molecule is IC1CCCCCCCCCCC1I. The third-order valence-electron chi connectivity index (χ3n) is 3.10. The van der Waals surface area contributed by atoms with Crippen LogP contribution in [0.5, 0.6) is 0 Å². The van der Waals surface area contributed by atoms with Gasteiger partial charge >= 0.3 is 0 Å². The van der Waals surface area contributed by atoms with Gasteiger partial charge in [-0.15, -0.1) is 0 Å². The van der Waals surface area contributed by atoms with Gasteiger partial charge in [-0.3, -0.25) is 0 Å². The van der Waals surface area contributed by atoms with E-state index >= 15 is 0 Å². The van der Waals surface area contributed by atoms with Crippen LogP contribution in [0.4, 0.5) is 0 Å². The Kier molecular flexibility index (Phi) is 8.30. The Bertz CT molecular complexity index is 120. The first-order valence-electron chi connectivity index (χ1n) is 6.09. The van der Waals surface area contributed by atoms with E-state index in [2.05, 4.69) is 45.2 Å². The summed E-state index contributed by atoms with van der Waals surface area (Å²) in [6.07, 6.45) is 14.7. The van der Waals surface area contributed by atoms with E-state index in [0.29, 0.717) is 0 Å². The molecule has 1 fully saturated rings. The van der Waals surface area contributed by atoms with Crippen molar-refractivity contribution in [2.45, 2.75) is 72.1 Å². The first-order chi connectivity index (χ1) is 6.80. The van der Waals surface area contributed by atoms with Gasteiger partial charge in [-0.25, -0.2) is 0 Å². The van der Waals surface area contributed by atoms with Crippen LogP contribution in [0.15, 0.2) is 0 Å². The van der Waals surface area contributed by atoms with Crippen molar-refractivity contribution in [3.8, 4) is 0 Å². The van der Waals surface area contributed by atoms with Crippen LogP contribution >= 0.6 is 45.2 Å². The van der Waals surface area contributed by atoms with Gasteiger partial charge in [0.15, 0.2) is 0 Å². The molecular weight excluding hydrogens is 398 g/mol. The van der Waals surface area contributed by atoms with Gasteiger partial charge in [-0.2, -0.15) is 0 Å². The number of hydrogen-bond acceptors (Lipinski definition) is 0. The van der Waals surface area contributed by atoms with Crippen molar-refractivity contribution >= 4 is 45.2 Å². The van der Waals surface area contributed by atoms with E-state index in [-0.39, 0.29) is 0 Å². The van der Waals surface area contributed by atoms with Crippen LogP contribution in [0.3, 0.4) is 0 Å². The number of halogens is 2. The summed E-state index contributed by atoms with van der Waals surface area (Å²) in [5.41, 5.74) is 0. The summed E-state index contributed by atoms with van der Waals surface area (Å²) >= 11 is 5.34. The highest BCUT2D eigenvalue weighted by Gasteiger charge is 2.14. The molecule has 0 aromatic carbocycles. The summed E-state index contributed by atoms with van der Waals surface area (Å²) in [7, 11) is 0. The predicted molar refractivity (Wildman–Crippen MR) is 81.8 cm³/mol. The molecule has 0 radical (unpaired) electrons. The van der Waals surface area contributed by atoms with E-state index < -0.39 is 0 Å². The maximum absolute atomic E-state index is 2.67. The van der Waals surface area contributed by atoms with Gasteiger partial charge in [0.1, 0.15) is 0 Å². The molecule has 0 spiro atoms. The zero-order chi connectivity index (χ0) is 10.2. The van der Waals surface area contributed by atoms with Gasteiger partial charge in [0.2, 0.25) is 0 Å². The fraction of sp³-hybridized carbons (Fsp3) is 1.00. The van der Waals surface area contributed by atoms with Crippen LogP contribution in [0, 0.1) is 0 Å². The van der Waals surface area contributed by atoms with Crippen molar-refractivity contribution < 1.29 is 0 Å². The molecular formula is C12H22I2. The van der Waals surface area contributed by atoms with Crippen LogP contribution in [0.1, 0.15) is 64.2 Å². The molecule has 0 heterocycles. The first kappa shape index (κ1) is 13.5. The molecule has 1 saturated carbocycles. The van der Waals surface area contributed by atoms with Crippen molar-refractivity contribution in [2.75, 3.05) is 0 Å². The molecule has 0 N–H and O–H groups in total. The van der Waals surface area contributed by atoms with Crippen molar-refractivity contribution in [2.24, 2.45) is 0 Å². The molecule has 0 nitrogen and oxygen atoms in total. The zero-order valence-electron chi connectivity index (χ0n) is 8.98. The molecule has 0 aliphatic heterocycles. The van der Waals surface area contributed by atoms with Gasteiger partial charge < -0.3 is 0 Å². The highest BCUT2D eigenvalue weighted by molar-refractivity contribution is 14.1. The van der Waals surface area contributed by atoms with Crippen LogP contribution in [0.2, 0.25) is 0 Å². The van der Waals surface area contributed by atoms with Gasteiger partial charge in [0.05, 0.1) is 0 Å². The topological polar surface area (TPSA) is 0 Å². The summed E-state index contributed by atoms with van der Waals surface area (Å²) in [5.74, 6) is 0. The molecule has 1 rings (SSSR count). The molecule has 84 valence electrons. The number of hydrogen-bond donors (Lipinski definition) is 0. The van der Waals surface area contributed by atoms with Crippen molar-refractivity contribution in [1.29, 1.82) is 0 Å². The lowest BCUT2D eigenvalue weighted by molar-refractivity contribution is 0.525. The Hall–Kier alpha value is 1.46.